The van der Waals surface area contributed by atoms with Crippen molar-refractivity contribution in [1.29, 1.82) is 0 Å². The van der Waals surface area contributed by atoms with Gasteiger partial charge in [-0.2, -0.15) is 5.10 Å². The number of carbonyl (C=O) groups excluding carboxylic acids is 1. The molecule has 0 unspecified atom stereocenters. The van der Waals surface area contributed by atoms with Crippen LogP contribution in [0.15, 0.2) is 42.7 Å². The molecule has 0 saturated carbocycles. The summed E-state index contributed by atoms with van der Waals surface area (Å²) in [6.07, 6.45) is 4.55. The van der Waals surface area contributed by atoms with Crippen molar-refractivity contribution in [2.24, 2.45) is 0 Å². The summed E-state index contributed by atoms with van der Waals surface area (Å²) >= 11 is 0. The summed E-state index contributed by atoms with van der Waals surface area (Å²) < 4.78 is 7.30. The molecule has 3 rings (SSSR count). The van der Waals surface area contributed by atoms with Crippen LogP contribution in [-0.2, 0) is 4.74 Å². The van der Waals surface area contributed by atoms with Gasteiger partial charge in [-0.05, 0) is 31.0 Å². The minimum atomic E-state index is -0.113. The fraction of sp³-hybridized carbons (Fsp3) is 0.444. The van der Waals surface area contributed by atoms with Crippen LogP contribution in [0.1, 0.15) is 31.9 Å². The normalized spacial score (nSPS) is 19.1. The molecule has 2 heterocycles. The molecule has 24 heavy (non-hydrogen) atoms. The monoisotopic (exact) mass is 328 g/mol. The molecular formula is C18H24N4O2. The molecule has 1 fully saturated rings. The third-order valence-electron chi connectivity index (χ3n) is 4.45. The SMILES string of the molecule is CC[C@@H]1COCCN1C(=O)N[C@@H](C)c1ccccc1-n1cccn1. The first kappa shape index (κ1) is 16.5. The predicted octanol–water partition coefficient (Wildman–Crippen LogP) is 2.75. The first-order valence-corrected chi connectivity index (χ1v) is 8.44. The van der Waals surface area contributed by atoms with Crippen molar-refractivity contribution in [3.63, 3.8) is 0 Å². The highest BCUT2D eigenvalue weighted by molar-refractivity contribution is 5.75. The number of amides is 2. The van der Waals surface area contributed by atoms with Gasteiger partial charge in [0.05, 0.1) is 31.0 Å². The van der Waals surface area contributed by atoms with E-state index in [0.717, 1.165) is 17.7 Å². The Hall–Kier alpha value is -2.34. The average molecular weight is 328 g/mol. The number of urea groups is 1. The zero-order valence-corrected chi connectivity index (χ0v) is 14.2. The van der Waals surface area contributed by atoms with E-state index in [1.807, 2.05) is 53.0 Å². The van der Waals surface area contributed by atoms with Crippen LogP contribution >= 0.6 is 0 Å². The first-order chi connectivity index (χ1) is 11.7. The minimum absolute atomic E-state index is 0.0343. The number of morpholine rings is 1. The van der Waals surface area contributed by atoms with E-state index in [1.165, 1.54) is 0 Å². The molecule has 6 heteroatoms. The van der Waals surface area contributed by atoms with E-state index in [9.17, 15) is 4.79 Å². The Labute approximate surface area is 142 Å². The van der Waals surface area contributed by atoms with Gasteiger partial charge in [-0.1, -0.05) is 25.1 Å². The zero-order chi connectivity index (χ0) is 16.9. The molecule has 1 aliphatic heterocycles. The lowest BCUT2D eigenvalue weighted by molar-refractivity contribution is 0.0108. The minimum Gasteiger partial charge on any atom is -0.377 e. The Balaban J connectivity index is 1.75. The fourth-order valence-corrected chi connectivity index (χ4v) is 3.08. The third kappa shape index (κ3) is 3.43. The van der Waals surface area contributed by atoms with Gasteiger partial charge in [0, 0.05) is 18.9 Å². The summed E-state index contributed by atoms with van der Waals surface area (Å²) in [5.41, 5.74) is 2.01. The van der Waals surface area contributed by atoms with Crippen LogP contribution in [0.3, 0.4) is 0 Å². The number of rotatable bonds is 4. The molecule has 6 nitrogen and oxygen atoms in total. The van der Waals surface area contributed by atoms with E-state index in [4.69, 9.17) is 4.74 Å². The highest BCUT2D eigenvalue weighted by atomic mass is 16.5. The molecule has 2 atom stereocenters. The van der Waals surface area contributed by atoms with E-state index >= 15 is 0 Å². The van der Waals surface area contributed by atoms with Crippen molar-refractivity contribution in [2.45, 2.75) is 32.4 Å². The molecular weight excluding hydrogens is 304 g/mol. The Bertz CT molecular complexity index is 671. The maximum Gasteiger partial charge on any atom is 0.318 e. The second-order valence-corrected chi connectivity index (χ2v) is 6.01. The van der Waals surface area contributed by atoms with Gasteiger partial charge >= 0.3 is 6.03 Å². The zero-order valence-electron chi connectivity index (χ0n) is 14.2. The topological polar surface area (TPSA) is 59.4 Å². The number of hydrogen-bond acceptors (Lipinski definition) is 3. The van der Waals surface area contributed by atoms with Crippen LogP contribution in [0.4, 0.5) is 4.79 Å². The molecule has 2 aromatic rings. The average Bonchev–Trinajstić information content (AvgIpc) is 3.16. The van der Waals surface area contributed by atoms with Crippen molar-refractivity contribution in [1.82, 2.24) is 20.0 Å². The molecule has 0 radical (unpaired) electrons. The van der Waals surface area contributed by atoms with Crippen LogP contribution in [-0.4, -0.2) is 46.5 Å². The van der Waals surface area contributed by atoms with E-state index in [1.54, 1.807) is 6.20 Å². The van der Waals surface area contributed by atoms with Gasteiger partial charge in [0.15, 0.2) is 0 Å². The molecule has 0 aliphatic carbocycles. The smallest absolute Gasteiger partial charge is 0.318 e. The highest BCUT2D eigenvalue weighted by Crippen LogP contribution is 2.21. The van der Waals surface area contributed by atoms with Crippen molar-refractivity contribution >= 4 is 6.03 Å². The summed E-state index contributed by atoms with van der Waals surface area (Å²) in [5.74, 6) is 0. The Kier molecular flexibility index (Phi) is 5.15. The number of ether oxygens (including phenoxy) is 1. The maximum atomic E-state index is 12.7. The molecule has 128 valence electrons. The second kappa shape index (κ2) is 7.49. The number of benzene rings is 1. The Morgan fingerprint density at radius 1 is 1.42 bits per heavy atom. The molecule has 1 aromatic heterocycles. The molecule has 1 N–H and O–H groups in total. The van der Waals surface area contributed by atoms with Gasteiger partial charge in [0.25, 0.3) is 0 Å². The lowest BCUT2D eigenvalue weighted by atomic mass is 10.1. The lowest BCUT2D eigenvalue weighted by Gasteiger charge is -2.36. The largest absolute Gasteiger partial charge is 0.377 e. The molecule has 0 bridgehead atoms. The molecule has 2 amide bonds. The number of nitrogens with one attached hydrogen (secondary N) is 1. The maximum absolute atomic E-state index is 12.7. The van der Waals surface area contributed by atoms with Gasteiger partial charge in [0.2, 0.25) is 0 Å². The summed E-state index contributed by atoms with van der Waals surface area (Å²) in [6, 6.07) is 9.88. The number of aromatic nitrogens is 2. The van der Waals surface area contributed by atoms with Crippen molar-refractivity contribution < 1.29 is 9.53 Å². The van der Waals surface area contributed by atoms with E-state index in [-0.39, 0.29) is 18.1 Å². The Morgan fingerprint density at radius 2 is 2.25 bits per heavy atom. The van der Waals surface area contributed by atoms with Crippen LogP contribution in [0.25, 0.3) is 5.69 Å². The van der Waals surface area contributed by atoms with Crippen LogP contribution in [0, 0.1) is 0 Å². The fourth-order valence-electron chi connectivity index (χ4n) is 3.08. The quantitative estimate of drug-likeness (QED) is 0.939. The van der Waals surface area contributed by atoms with Gasteiger partial charge in [0.1, 0.15) is 0 Å². The first-order valence-electron chi connectivity index (χ1n) is 8.44. The second-order valence-electron chi connectivity index (χ2n) is 6.01. The van der Waals surface area contributed by atoms with E-state index in [0.29, 0.717) is 19.8 Å². The number of nitrogens with zero attached hydrogens (tertiary/aromatic N) is 3. The van der Waals surface area contributed by atoms with E-state index < -0.39 is 0 Å². The van der Waals surface area contributed by atoms with Crippen molar-refractivity contribution in [3.8, 4) is 5.69 Å². The van der Waals surface area contributed by atoms with E-state index in [2.05, 4.69) is 17.3 Å². The molecule has 1 aromatic carbocycles. The Morgan fingerprint density at radius 3 is 3.00 bits per heavy atom. The summed E-state index contributed by atoms with van der Waals surface area (Å²) in [5, 5.41) is 7.42. The third-order valence-corrected chi connectivity index (χ3v) is 4.45. The van der Waals surface area contributed by atoms with Gasteiger partial charge in [-0.3, -0.25) is 0 Å². The summed E-state index contributed by atoms with van der Waals surface area (Å²) in [4.78, 5) is 14.6. The van der Waals surface area contributed by atoms with Gasteiger partial charge < -0.3 is 15.0 Å². The van der Waals surface area contributed by atoms with Gasteiger partial charge in [-0.25, -0.2) is 9.48 Å². The standard InChI is InChI=1S/C18H24N4O2/c1-3-15-13-24-12-11-21(15)18(23)20-14(2)16-7-4-5-8-17(16)22-10-6-9-19-22/h4-10,14-15H,3,11-13H2,1-2H3,(H,20,23)/t14-,15+/m0/s1. The number of para-hydroxylation sites is 1. The highest BCUT2D eigenvalue weighted by Gasteiger charge is 2.27. The summed E-state index contributed by atoms with van der Waals surface area (Å²) in [6.45, 7) is 5.93. The summed E-state index contributed by atoms with van der Waals surface area (Å²) in [7, 11) is 0. The molecule has 1 saturated heterocycles. The molecule has 1 aliphatic rings. The van der Waals surface area contributed by atoms with Crippen molar-refractivity contribution in [2.75, 3.05) is 19.8 Å². The number of carbonyl (C=O) groups is 1. The van der Waals surface area contributed by atoms with Crippen molar-refractivity contribution in [3.05, 3.63) is 48.3 Å². The van der Waals surface area contributed by atoms with Crippen LogP contribution in [0.2, 0.25) is 0 Å². The van der Waals surface area contributed by atoms with Gasteiger partial charge in [-0.15, -0.1) is 0 Å². The number of hydrogen-bond donors (Lipinski definition) is 1. The van der Waals surface area contributed by atoms with Crippen LogP contribution in [0.5, 0.6) is 0 Å². The van der Waals surface area contributed by atoms with Crippen LogP contribution < -0.4 is 5.32 Å². The lowest BCUT2D eigenvalue weighted by Crippen LogP contribution is -2.52. The molecule has 0 spiro atoms. The predicted molar refractivity (Wildman–Crippen MR) is 92.1 cm³/mol.